The maximum atomic E-state index is 13.1. The highest BCUT2D eigenvalue weighted by Gasteiger charge is 2.57. The second-order valence-electron chi connectivity index (χ2n) is 10.5. The predicted octanol–water partition coefficient (Wildman–Crippen LogP) is 2.68. The van der Waals surface area contributed by atoms with Crippen molar-refractivity contribution in [1.29, 1.82) is 0 Å². The summed E-state index contributed by atoms with van der Waals surface area (Å²) >= 11 is 0. The van der Waals surface area contributed by atoms with E-state index in [9.17, 15) is 24.3 Å². The van der Waals surface area contributed by atoms with Crippen molar-refractivity contribution in [3.63, 3.8) is 0 Å². The molecule has 200 valence electrons. The Balaban J connectivity index is 1.51. The van der Waals surface area contributed by atoms with Crippen molar-refractivity contribution in [1.82, 2.24) is 9.88 Å². The first-order chi connectivity index (χ1) is 18.0. The van der Waals surface area contributed by atoms with Crippen LogP contribution in [-0.2, 0) is 35.1 Å². The lowest BCUT2D eigenvalue weighted by molar-refractivity contribution is -0.175. The quantitative estimate of drug-likeness (QED) is 0.308. The molecular formula is C28H31N3O7. The molecule has 1 saturated heterocycles. The molecule has 0 radical (unpaired) electrons. The van der Waals surface area contributed by atoms with Crippen LogP contribution in [0.4, 0.5) is 5.69 Å². The molecule has 3 atom stereocenters. The second-order valence-corrected chi connectivity index (χ2v) is 10.5. The highest BCUT2D eigenvalue weighted by Crippen LogP contribution is 2.47. The lowest BCUT2D eigenvalue weighted by atomic mass is 9.82. The predicted molar refractivity (Wildman–Crippen MR) is 137 cm³/mol. The van der Waals surface area contributed by atoms with Crippen molar-refractivity contribution in [3.8, 4) is 0 Å². The number of anilines is 1. The second kappa shape index (κ2) is 10.7. The summed E-state index contributed by atoms with van der Waals surface area (Å²) < 4.78 is 10.3. The number of nitrogens with one attached hydrogen (secondary N) is 1. The fourth-order valence-corrected chi connectivity index (χ4v) is 4.59. The van der Waals surface area contributed by atoms with Gasteiger partial charge in [-0.3, -0.25) is 19.4 Å². The summed E-state index contributed by atoms with van der Waals surface area (Å²) in [5, 5.41) is 12.9. The van der Waals surface area contributed by atoms with Crippen LogP contribution in [0.15, 0.2) is 54.5 Å². The van der Waals surface area contributed by atoms with Crippen LogP contribution in [0.5, 0.6) is 0 Å². The Morgan fingerprint density at radius 2 is 1.87 bits per heavy atom. The summed E-state index contributed by atoms with van der Waals surface area (Å²) in [4.78, 5) is 55.6. The minimum absolute atomic E-state index is 0.0748. The Labute approximate surface area is 220 Å². The molecule has 3 heterocycles. The van der Waals surface area contributed by atoms with Crippen molar-refractivity contribution < 1.29 is 33.8 Å². The van der Waals surface area contributed by atoms with E-state index in [2.05, 4.69) is 10.3 Å². The molecule has 0 spiro atoms. The SMILES string of the molecule is C[C@@H](O)[C@H]1C(=O)N2C(C(=O)OCOC(=O)C(C)(C)C)=C(c3ccc(CC(=O)Nc4cccnc4)cc3)C[C@H]12. The first-order valence-corrected chi connectivity index (χ1v) is 12.3. The number of nitrogens with zero attached hydrogens (tertiary/aromatic N) is 2. The minimum atomic E-state index is -0.867. The largest absolute Gasteiger partial charge is 0.427 e. The molecule has 2 aliphatic rings. The molecule has 1 aromatic heterocycles. The zero-order valence-corrected chi connectivity index (χ0v) is 21.8. The zero-order valence-electron chi connectivity index (χ0n) is 21.8. The number of amides is 2. The highest BCUT2D eigenvalue weighted by atomic mass is 16.7. The number of hydrogen-bond donors (Lipinski definition) is 2. The van der Waals surface area contributed by atoms with Gasteiger partial charge in [-0.1, -0.05) is 24.3 Å². The Morgan fingerprint density at radius 3 is 2.47 bits per heavy atom. The normalized spacial score (nSPS) is 19.4. The minimum Gasteiger partial charge on any atom is -0.427 e. The van der Waals surface area contributed by atoms with E-state index in [1.54, 1.807) is 76.5 Å². The number of benzene rings is 1. The molecule has 0 aliphatic carbocycles. The Bertz CT molecular complexity index is 1260. The van der Waals surface area contributed by atoms with E-state index in [4.69, 9.17) is 9.47 Å². The van der Waals surface area contributed by atoms with E-state index in [0.29, 0.717) is 23.2 Å². The maximum absolute atomic E-state index is 13.1. The number of esters is 2. The lowest BCUT2D eigenvalue weighted by Gasteiger charge is -2.44. The molecule has 2 aromatic rings. The molecule has 1 aromatic carbocycles. The lowest BCUT2D eigenvalue weighted by Crippen LogP contribution is -2.61. The average Bonchev–Trinajstić information content (AvgIpc) is 3.19. The summed E-state index contributed by atoms with van der Waals surface area (Å²) in [6.45, 7) is 6.01. The number of aromatic nitrogens is 1. The third-order valence-electron chi connectivity index (χ3n) is 6.53. The molecule has 1 fully saturated rings. The van der Waals surface area contributed by atoms with Crippen LogP contribution in [0.3, 0.4) is 0 Å². The van der Waals surface area contributed by atoms with Crippen molar-refractivity contribution in [2.75, 3.05) is 12.1 Å². The summed E-state index contributed by atoms with van der Waals surface area (Å²) in [6.07, 6.45) is 2.81. The number of pyridine rings is 1. The molecule has 0 bridgehead atoms. The number of rotatable bonds is 8. The van der Waals surface area contributed by atoms with Crippen LogP contribution in [0.25, 0.3) is 5.57 Å². The van der Waals surface area contributed by atoms with Crippen molar-refractivity contribution in [3.05, 3.63) is 65.6 Å². The molecule has 10 nitrogen and oxygen atoms in total. The number of carbonyl (C=O) groups excluding carboxylic acids is 4. The van der Waals surface area contributed by atoms with E-state index in [-0.39, 0.29) is 30.0 Å². The van der Waals surface area contributed by atoms with Crippen molar-refractivity contribution >= 4 is 35.0 Å². The van der Waals surface area contributed by atoms with Crippen LogP contribution in [0.2, 0.25) is 0 Å². The van der Waals surface area contributed by atoms with Gasteiger partial charge in [0.15, 0.2) is 0 Å². The van der Waals surface area contributed by atoms with E-state index in [0.717, 1.165) is 5.56 Å². The number of aliphatic hydroxyl groups excluding tert-OH is 1. The van der Waals surface area contributed by atoms with Crippen molar-refractivity contribution in [2.24, 2.45) is 11.3 Å². The molecule has 2 N–H and O–H groups in total. The molecule has 10 heteroatoms. The van der Waals surface area contributed by atoms with Crippen LogP contribution in [0.1, 0.15) is 45.2 Å². The molecule has 0 unspecified atom stereocenters. The summed E-state index contributed by atoms with van der Waals surface area (Å²) in [5.41, 5.74) is 1.95. The summed E-state index contributed by atoms with van der Waals surface area (Å²) in [5.74, 6) is -2.50. The number of carbonyl (C=O) groups is 4. The monoisotopic (exact) mass is 521 g/mol. The Kier molecular flexibility index (Phi) is 7.63. The third kappa shape index (κ3) is 5.60. The van der Waals surface area contributed by atoms with Crippen LogP contribution in [-0.4, -0.2) is 57.7 Å². The van der Waals surface area contributed by atoms with Gasteiger partial charge in [0.2, 0.25) is 18.6 Å². The third-order valence-corrected chi connectivity index (χ3v) is 6.53. The molecule has 4 rings (SSSR count). The standard InChI is InChI=1S/C28H31N3O7/c1-16(32)23-21-13-20(24(31(21)25(23)34)26(35)37-15-38-27(36)28(2,3)4)18-9-7-17(8-10-18)12-22(33)30-19-6-5-11-29-14-19/h5-11,14,16,21,23,32H,12-13,15H2,1-4H3,(H,30,33)/t16-,21-,23-/m1/s1. The van der Waals surface area contributed by atoms with E-state index >= 15 is 0 Å². The van der Waals surface area contributed by atoms with E-state index in [1.165, 1.54) is 4.90 Å². The average molecular weight is 522 g/mol. The zero-order chi connectivity index (χ0) is 27.6. The summed E-state index contributed by atoms with van der Waals surface area (Å²) in [6, 6.07) is 10.2. The number of ether oxygens (including phenoxy) is 2. The topological polar surface area (TPSA) is 135 Å². The van der Waals surface area contributed by atoms with Gasteiger partial charge in [-0.2, -0.15) is 0 Å². The summed E-state index contributed by atoms with van der Waals surface area (Å²) in [7, 11) is 0. The Hall–Kier alpha value is -4.05. The number of aliphatic hydroxyl groups is 1. The highest BCUT2D eigenvalue weighted by molar-refractivity contribution is 6.06. The van der Waals surface area contributed by atoms with Crippen LogP contribution in [0, 0.1) is 11.3 Å². The molecule has 0 saturated carbocycles. The molecule has 2 aliphatic heterocycles. The molecular weight excluding hydrogens is 490 g/mol. The van der Waals surface area contributed by atoms with Crippen LogP contribution < -0.4 is 5.32 Å². The van der Waals surface area contributed by atoms with Gasteiger partial charge in [0.05, 0.1) is 41.8 Å². The van der Waals surface area contributed by atoms with Gasteiger partial charge in [-0.05, 0) is 62.9 Å². The maximum Gasteiger partial charge on any atom is 0.358 e. The molecule has 2 amide bonds. The fraction of sp³-hybridized carbons (Fsp3) is 0.393. The fourth-order valence-electron chi connectivity index (χ4n) is 4.59. The van der Waals surface area contributed by atoms with Gasteiger partial charge < -0.3 is 24.8 Å². The Morgan fingerprint density at radius 1 is 1.16 bits per heavy atom. The van der Waals surface area contributed by atoms with Crippen LogP contribution >= 0.6 is 0 Å². The van der Waals surface area contributed by atoms with Gasteiger partial charge in [-0.25, -0.2) is 4.79 Å². The number of β-lactam (4-membered cyclic amide) rings is 1. The van der Waals surface area contributed by atoms with E-state index in [1.807, 2.05) is 0 Å². The smallest absolute Gasteiger partial charge is 0.358 e. The molecule has 38 heavy (non-hydrogen) atoms. The van der Waals surface area contributed by atoms with Gasteiger partial charge in [-0.15, -0.1) is 0 Å². The van der Waals surface area contributed by atoms with Gasteiger partial charge >= 0.3 is 11.9 Å². The van der Waals surface area contributed by atoms with Gasteiger partial charge in [0.1, 0.15) is 5.70 Å². The van der Waals surface area contributed by atoms with E-state index < -0.39 is 36.2 Å². The number of fused-ring (bicyclic) bond motifs is 1. The van der Waals surface area contributed by atoms with Gasteiger partial charge in [0, 0.05) is 6.20 Å². The van der Waals surface area contributed by atoms with Crippen molar-refractivity contribution in [2.45, 2.75) is 52.7 Å². The van der Waals surface area contributed by atoms with Gasteiger partial charge in [0.25, 0.3) is 0 Å². The number of hydrogen-bond acceptors (Lipinski definition) is 8. The first kappa shape index (κ1) is 27.0. The first-order valence-electron chi connectivity index (χ1n) is 12.3.